The number of rotatable bonds is 7. The lowest BCUT2D eigenvalue weighted by Crippen LogP contribution is -2.00. The number of nitrogens with zero attached hydrogens (tertiary/aromatic N) is 4. The van der Waals surface area contributed by atoms with Crippen LogP contribution >= 0.6 is 11.3 Å². The maximum atomic E-state index is 5.11. The second kappa shape index (κ2) is 14.0. The molecule has 10 aromatic rings. The van der Waals surface area contributed by atoms with Gasteiger partial charge in [-0.2, -0.15) is 0 Å². The SMILES string of the molecule is c1ccc(-c2cc(-c3cc(-c4ccncc4)cc(-c4nc(-c5ccccc5)nc(-c5ccccc5)n4)c3)cc(-c3ccc4sc5ccccc5c4c3)c2)cc1. The number of benzene rings is 7. The molecule has 258 valence electrons. The summed E-state index contributed by atoms with van der Waals surface area (Å²) >= 11 is 1.84. The smallest absolute Gasteiger partial charge is 0.164 e. The molecule has 7 aromatic carbocycles. The summed E-state index contributed by atoms with van der Waals surface area (Å²) in [6.07, 6.45) is 3.67. The molecule has 5 heteroatoms. The number of aromatic nitrogens is 4. The molecule has 4 nitrogen and oxygen atoms in total. The predicted molar refractivity (Wildman–Crippen MR) is 229 cm³/mol. The van der Waals surface area contributed by atoms with Crippen molar-refractivity contribution in [3.05, 3.63) is 194 Å². The van der Waals surface area contributed by atoms with Crippen LogP contribution in [0.15, 0.2) is 194 Å². The molecular formula is C50H32N4S. The average molecular weight is 721 g/mol. The molecule has 0 saturated heterocycles. The summed E-state index contributed by atoms with van der Waals surface area (Å²) in [6, 6.07) is 64.1. The van der Waals surface area contributed by atoms with Crippen molar-refractivity contribution >= 4 is 31.5 Å². The normalized spacial score (nSPS) is 11.3. The van der Waals surface area contributed by atoms with Gasteiger partial charge in [0.2, 0.25) is 0 Å². The first-order valence-electron chi connectivity index (χ1n) is 18.3. The van der Waals surface area contributed by atoms with Crippen molar-refractivity contribution in [3.8, 4) is 78.7 Å². The van der Waals surface area contributed by atoms with Gasteiger partial charge in [-0.15, -0.1) is 11.3 Å². The van der Waals surface area contributed by atoms with Crippen LogP contribution in [-0.2, 0) is 0 Å². The van der Waals surface area contributed by atoms with Gasteiger partial charge in [-0.1, -0.05) is 115 Å². The Kier molecular flexibility index (Phi) is 8.32. The quantitative estimate of drug-likeness (QED) is 0.164. The van der Waals surface area contributed by atoms with Gasteiger partial charge in [-0.05, 0) is 111 Å². The van der Waals surface area contributed by atoms with Gasteiger partial charge in [-0.25, -0.2) is 15.0 Å². The zero-order valence-electron chi connectivity index (χ0n) is 29.7. The highest BCUT2D eigenvalue weighted by molar-refractivity contribution is 7.25. The van der Waals surface area contributed by atoms with E-state index < -0.39 is 0 Å². The first-order valence-corrected chi connectivity index (χ1v) is 19.1. The lowest BCUT2D eigenvalue weighted by Gasteiger charge is -2.15. The van der Waals surface area contributed by atoms with E-state index in [9.17, 15) is 0 Å². The molecule has 0 unspecified atom stereocenters. The van der Waals surface area contributed by atoms with E-state index in [2.05, 4.69) is 114 Å². The topological polar surface area (TPSA) is 51.6 Å². The summed E-state index contributed by atoms with van der Waals surface area (Å²) in [7, 11) is 0. The van der Waals surface area contributed by atoms with Crippen LogP contribution in [0.3, 0.4) is 0 Å². The van der Waals surface area contributed by atoms with Crippen molar-refractivity contribution in [1.82, 2.24) is 19.9 Å². The minimum absolute atomic E-state index is 0.610. The molecule has 0 aliphatic rings. The summed E-state index contributed by atoms with van der Waals surface area (Å²) in [5.74, 6) is 1.87. The molecule has 0 aliphatic heterocycles. The summed E-state index contributed by atoms with van der Waals surface area (Å²) in [6.45, 7) is 0. The van der Waals surface area contributed by atoms with Crippen LogP contribution < -0.4 is 0 Å². The number of hydrogen-bond acceptors (Lipinski definition) is 5. The first kappa shape index (κ1) is 32.6. The maximum absolute atomic E-state index is 5.11. The highest BCUT2D eigenvalue weighted by atomic mass is 32.1. The van der Waals surface area contributed by atoms with Crippen LogP contribution in [0.1, 0.15) is 0 Å². The minimum atomic E-state index is 0.610. The fraction of sp³-hybridized carbons (Fsp3) is 0. The van der Waals surface area contributed by atoms with Gasteiger partial charge in [0, 0.05) is 49.3 Å². The molecule has 0 aliphatic carbocycles. The Bertz CT molecular complexity index is 2900. The fourth-order valence-corrected chi connectivity index (χ4v) is 8.32. The molecular weight excluding hydrogens is 689 g/mol. The van der Waals surface area contributed by atoms with Gasteiger partial charge < -0.3 is 0 Å². The molecule has 0 saturated carbocycles. The molecule has 0 amide bonds. The molecule has 0 spiro atoms. The monoisotopic (exact) mass is 720 g/mol. The summed E-state index contributed by atoms with van der Waals surface area (Å²) < 4.78 is 2.60. The Morgan fingerprint density at radius 2 is 0.691 bits per heavy atom. The second-order valence-electron chi connectivity index (χ2n) is 13.5. The Morgan fingerprint density at radius 3 is 1.27 bits per heavy atom. The minimum Gasteiger partial charge on any atom is -0.265 e. The fourth-order valence-electron chi connectivity index (χ4n) is 7.24. The van der Waals surface area contributed by atoms with Crippen LogP contribution in [0, 0.1) is 0 Å². The maximum Gasteiger partial charge on any atom is 0.164 e. The van der Waals surface area contributed by atoms with Crippen LogP contribution in [-0.4, -0.2) is 19.9 Å². The summed E-state index contributed by atoms with van der Waals surface area (Å²) in [5.41, 5.74) is 11.7. The van der Waals surface area contributed by atoms with Crippen molar-refractivity contribution in [1.29, 1.82) is 0 Å². The van der Waals surface area contributed by atoms with Crippen LogP contribution in [0.25, 0.3) is 98.8 Å². The zero-order valence-corrected chi connectivity index (χ0v) is 30.5. The van der Waals surface area contributed by atoms with E-state index in [1.807, 2.05) is 96.5 Å². The second-order valence-corrected chi connectivity index (χ2v) is 14.6. The van der Waals surface area contributed by atoms with E-state index in [1.54, 1.807) is 0 Å². The van der Waals surface area contributed by atoms with Crippen molar-refractivity contribution in [2.75, 3.05) is 0 Å². The molecule has 55 heavy (non-hydrogen) atoms. The van der Waals surface area contributed by atoms with E-state index in [0.29, 0.717) is 17.5 Å². The molecule has 0 bridgehead atoms. The van der Waals surface area contributed by atoms with Crippen molar-refractivity contribution < 1.29 is 0 Å². The third-order valence-electron chi connectivity index (χ3n) is 9.99. The van der Waals surface area contributed by atoms with Gasteiger partial charge >= 0.3 is 0 Å². The van der Waals surface area contributed by atoms with Gasteiger partial charge in [0.1, 0.15) is 0 Å². The first-order chi connectivity index (χ1) is 27.2. The van der Waals surface area contributed by atoms with Crippen molar-refractivity contribution in [2.45, 2.75) is 0 Å². The number of hydrogen-bond donors (Lipinski definition) is 0. The predicted octanol–water partition coefficient (Wildman–Crippen LogP) is 13.3. The van der Waals surface area contributed by atoms with Crippen molar-refractivity contribution in [3.63, 3.8) is 0 Å². The Morgan fingerprint density at radius 1 is 0.273 bits per heavy atom. The lowest BCUT2D eigenvalue weighted by molar-refractivity contribution is 1.07. The third kappa shape index (κ3) is 6.48. The average Bonchev–Trinajstić information content (AvgIpc) is 3.65. The number of fused-ring (bicyclic) bond motifs is 3. The third-order valence-corrected chi connectivity index (χ3v) is 11.1. The van der Waals surface area contributed by atoms with Gasteiger partial charge in [-0.3, -0.25) is 4.98 Å². The molecule has 0 N–H and O–H groups in total. The van der Waals surface area contributed by atoms with E-state index in [0.717, 1.165) is 55.6 Å². The molecule has 10 rings (SSSR count). The lowest BCUT2D eigenvalue weighted by atomic mass is 9.90. The number of thiophene rings is 1. The largest absolute Gasteiger partial charge is 0.265 e. The highest BCUT2D eigenvalue weighted by Gasteiger charge is 2.16. The Balaban J connectivity index is 1.19. The molecule has 3 aromatic heterocycles. The van der Waals surface area contributed by atoms with Gasteiger partial charge in [0.05, 0.1) is 0 Å². The Hall–Kier alpha value is -7.08. The highest BCUT2D eigenvalue weighted by Crippen LogP contribution is 2.40. The zero-order chi connectivity index (χ0) is 36.6. The van der Waals surface area contributed by atoms with Gasteiger partial charge in [0.15, 0.2) is 17.5 Å². The van der Waals surface area contributed by atoms with E-state index in [4.69, 9.17) is 15.0 Å². The summed E-state index contributed by atoms with van der Waals surface area (Å²) in [4.78, 5) is 19.5. The molecule has 3 heterocycles. The van der Waals surface area contributed by atoms with Gasteiger partial charge in [0.25, 0.3) is 0 Å². The molecule has 0 radical (unpaired) electrons. The summed E-state index contributed by atoms with van der Waals surface area (Å²) in [5, 5.41) is 2.57. The van der Waals surface area contributed by atoms with E-state index >= 15 is 0 Å². The van der Waals surface area contributed by atoms with E-state index in [1.165, 1.54) is 25.7 Å². The molecule has 0 atom stereocenters. The molecule has 0 fully saturated rings. The Labute approximate surface area is 323 Å². The van der Waals surface area contributed by atoms with Crippen LogP contribution in [0.2, 0.25) is 0 Å². The van der Waals surface area contributed by atoms with E-state index in [-0.39, 0.29) is 0 Å². The van der Waals surface area contributed by atoms with Crippen LogP contribution in [0.4, 0.5) is 0 Å². The standard InChI is InChI=1S/C50H32N4S/c1-4-12-33(13-5-1)38-26-40(37-20-21-47-45(32-37)44-18-10-11-19-46(44)55-47)29-41(27-38)42-28-39(34-22-24-51-25-23-34)30-43(31-42)50-53-48(35-14-6-2-7-15-35)52-49(54-50)36-16-8-3-9-17-36/h1-32H. The number of pyridine rings is 1. The van der Waals surface area contributed by atoms with Crippen LogP contribution in [0.5, 0.6) is 0 Å². The van der Waals surface area contributed by atoms with Crippen molar-refractivity contribution in [2.24, 2.45) is 0 Å².